The lowest BCUT2D eigenvalue weighted by Crippen LogP contribution is -2.03. The molecule has 0 aliphatic rings. The fraction of sp³-hybridized carbons (Fsp3) is 0.286. The van der Waals surface area contributed by atoms with Gasteiger partial charge in [-0.05, 0) is 19.2 Å². The Kier molecular flexibility index (Phi) is 2.23. The van der Waals surface area contributed by atoms with Crippen molar-refractivity contribution < 1.29 is 9.21 Å². The Hall–Kier alpha value is -1.09. The zero-order valence-corrected chi connectivity index (χ0v) is 5.76. The number of aldehydes is 1. The average molecular weight is 139 g/mol. The molecule has 1 aromatic heterocycles. The predicted octanol–water partition coefficient (Wildman–Crippen LogP) is 0.812. The lowest BCUT2D eigenvalue weighted by molar-refractivity contribution is 0.109. The summed E-state index contributed by atoms with van der Waals surface area (Å²) in [6.45, 7) is 0.661. The molecule has 0 radical (unpaired) electrons. The molecule has 0 fully saturated rings. The van der Waals surface area contributed by atoms with Crippen molar-refractivity contribution in [3.8, 4) is 0 Å². The molecular weight excluding hydrogens is 130 g/mol. The van der Waals surface area contributed by atoms with E-state index in [1.807, 2.05) is 7.05 Å². The topological polar surface area (TPSA) is 42.2 Å². The summed E-state index contributed by atoms with van der Waals surface area (Å²) in [5.41, 5.74) is 0. The minimum absolute atomic E-state index is 0.380. The summed E-state index contributed by atoms with van der Waals surface area (Å²) in [6.07, 6.45) is 0.694. The molecule has 3 heteroatoms. The maximum atomic E-state index is 10.1. The van der Waals surface area contributed by atoms with Crippen molar-refractivity contribution in [1.82, 2.24) is 5.32 Å². The number of carbonyl (C=O) groups is 1. The first-order chi connectivity index (χ1) is 4.86. The fourth-order valence-corrected chi connectivity index (χ4v) is 0.727. The normalized spacial score (nSPS) is 9.70. The Bertz CT molecular complexity index is 217. The molecule has 0 amide bonds. The van der Waals surface area contributed by atoms with Gasteiger partial charge in [0.05, 0.1) is 6.54 Å². The van der Waals surface area contributed by atoms with E-state index in [0.717, 1.165) is 5.76 Å². The van der Waals surface area contributed by atoms with Crippen LogP contribution in [0.4, 0.5) is 0 Å². The molecule has 1 N–H and O–H groups in total. The third kappa shape index (κ3) is 1.45. The van der Waals surface area contributed by atoms with Crippen LogP contribution in [0.3, 0.4) is 0 Å². The highest BCUT2D eigenvalue weighted by Crippen LogP contribution is 2.03. The first-order valence-electron chi connectivity index (χ1n) is 3.05. The number of carbonyl (C=O) groups excluding carboxylic acids is 1. The van der Waals surface area contributed by atoms with E-state index < -0.39 is 0 Å². The number of hydrogen-bond donors (Lipinski definition) is 1. The Morgan fingerprint density at radius 3 is 3.00 bits per heavy atom. The molecule has 1 heterocycles. The Morgan fingerprint density at radius 2 is 2.50 bits per heavy atom. The Labute approximate surface area is 59.0 Å². The van der Waals surface area contributed by atoms with Crippen molar-refractivity contribution in [2.75, 3.05) is 7.05 Å². The van der Waals surface area contributed by atoms with Gasteiger partial charge in [0.1, 0.15) is 5.76 Å². The average Bonchev–Trinajstić information content (AvgIpc) is 2.37. The van der Waals surface area contributed by atoms with Crippen molar-refractivity contribution in [2.24, 2.45) is 0 Å². The molecule has 0 aliphatic carbocycles. The van der Waals surface area contributed by atoms with Gasteiger partial charge in [0.25, 0.3) is 0 Å². The van der Waals surface area contributed by atoms with Gasteiger partial charge in [-0.15, -0.1) is 0 Å². The highest BCUT2D eigenvalue weighted by Gasteiger charge is 1.97. The van der Waals surface area contributed by atoms with Crippen LogP contribution in [-0.2, 0) is 6.54 Å². The van der Waals surface area contributed by atoms with E-state index in [4.69, 9.17) is 4.42 Å². The van der Waals surface area contributed by atoms with Gasteiger partial charge in [0, 0.05) is 0 Å². The minimum Gasteiger partial charge on any atom is -0.457 e. The van der Waals surface area contributed by atoms with Crippen LogP contribution >= 0.6 is 0 Å². The molecule has 54 valence electrons. The van der Waals surface area contributed by atoms with Crippen molar-refractivity contribution in [1.29, 1.82) is 0 Å². The van der Waals surface area contributed by atoms with E-state index in [0.29, 0.717) is 18.6 Å². The summed E-state index contributed by atoms with van der Waals surface area (Å²) in [7, 11) is 1.82. The standard InChI is InChI=1S/C7H9NO2/c1-8-4-6-2-3-7(5-9)10-6/h2-3,5,8H,4H2,1H3. The molecule has 0 aliphatic heterocycles. The monoisotopic (exact) mass is 139 g/mol. The summed E-state index contributed by atoms with van der Waals surface area (Å²) in [5.74, 6) is 1.16. The molecule has 0 saturated carbocycles. The number of rotatable bonds is 3. The SMILES string of the molecule is CNCc1ccc(C=O)o1. The van der Waals surface area contributed by atoms with Crippen LogP contribution in [0.1, 0.15) is 16.3 Å². The smallest absolute Gasteiger partial charge is 0.185 e. The number of hydrogen-bond acceptors (Lipinski definition) is 3. The van der Waals surface area contributed by atoms with Crippen molar-refractivity contribution >= 4 is 6.29 Å². The third-order valence-electron chi connectivity index (χ3n) is 1.15. The maximum Gasteiger partial charge on any atom is 0.185 e. The molecule has 3 nitrogen and oxygen atoms in total. The van der Waals surface area contributed by atoms with E-state index in [2.05, 4.69) is 5.32 Å². The van der Waals surface area contributed by atoms with Gasteiger partial charge in [-0.3, -0.25) is 4.79 Å². The number of nitrogens with one attached hydrogen (secondary N) is 1. The molecule has 1 aromatic rings. The van der Waals surface area contributed by atoms with Crippen LogP contribution in [0.2, 0.25) is 0 Å². The van der Waals surface area contributed by atoms with Crippen molar-refractivity contribution in [3.05, 3.63) is 23.7 Å². The molecule has 0 bridgehead atoms. The molecular formula is C7H9NO2. The van der Waals surface area contributed by atoms with Gasteiger partial charge in [-0.1, -0.05) is 0 Å². The van der Waals surface area contributed by atoms with Crippen molar-refractivity contribution in [2.45, 2.75) is 6.54 Å². The lowest BCUT2D eigenvalue weighted by atomic mass is 10.4. The predicted molar refractivity (Wildman–Crippen MR) is 36.9 cm³/mol. The van der Waals surface area contributed by atoms with Gasteiger partial charge in [-0.25, -0.2) is 0 Å². The fourth-order valence-electron chi connectivity index (χ4n) is 0.727. The molecule has 10 heavy (non-hydrogen) atoms. The summed E-state index contributed by atoms with van der Waals surface area (Å²) in [5, 5.41) is 2.91. The van der Waals surface area contributed by atoms with E-state index in [1.54, 1.807) is 12.1 Å². The lowest BCUT2D eigenvalue weighted by Gasteiger charge is -1.90. The largest absolute Gasteiger partial charge is 0.457 e. The second-order valence-corrected chi connectivity index (χ2v) is 1.95. The quantitative estimate of drug-likeness (QED) is 0.630. The molecule has 0 spiro atoms. The van der Waals surface area contributed by atoms with Gasteiger partial charge in [0.2, 0.25) is 0 Å². The van der Waals surface area contributed by atoms with Crippen LogP contribution < -0.4 is 5.32 Å². The van der Waals surface area contributed by atoms with Gasteiger partial charge < -0.3 is 9.73 Å². The van der Waals surface area contributed by atoms with E-state index >= 15 is 0 Å². The van der Waals surface area contributed by atoms with Gasteiger partial charge >= 0.3 is 0 Å². The van der Waals surface area contributed by atoms with Crippen LogP contribution in [0.5, 0.6) is 0 Å². The van der Waals surface area contributed by atoms with Crippen LogP contribution in [-0.4, -0.2) is 13.3 Å². The molecule has 0 aromatic carbocycles. The second-order valence-electron chi connectivity index (χ2n) is 1.95. The molecule has 0 atom stereocenters. The molecule has 0 saturated heterocycles. The van der Waals surface area contributed by atoms with E-state index in [-0.39, 0.29) is 0 Å². The second kappa shape index (κ2) is 3.17. The first-order valence-corrected chi connectivity index (χ1v) is 3.05. The van der Waals surface area contributed by atoms with Crippen LogP contribution in [0.15, 0.2) is 16.5 Å². The first kappa shape index (κ1) is 7.02. The maximum absolute atomic E-state index is 10.1. The molecule has 0 unspecified atom stereocenters. The zero-order chi connectivity index (χ0) is 7.40. The summed E-state index contributed by atoms with van der Waals surface area (Å²) in [4.78, 5) is 10.1. The van der Waals surface area contributed by atoms with Gasteiger partial charge in [-0.2, -0.15) is 0 Å². The molecule has 1 rings (SSSR count). The van der Waals surface area contributed by atoms with Crippen LogP contribution in [0.25, 0.3) is 0 Å². The third-order valence-corrected chi connectivity index (χ3v) is 1.15. The number of furan rings is 1. The highest BCUT2D eigenvalue weighted by molar-refractivity contribution is 5.70. The van der Waals surface area contributed by atoms with Crippen LogP contribution in [0, 0.1) is 0 Å². The minimum atomic E-state index is 0.380. The Morgan fingerprint density at radius 1 is 1.70 bits per heavy atom. The van der Waals surface area contributed by atoms with Gasteiger partial charge in [0.15, 0.2) is 12.0 Å². The van der Waals surface area contributed by atoms with E-state index in [9.17, 15) is 4.79 Å². The summed E-state index contributed by atoms with van der Waals surface area (Å²) in [6, 6.07) is 3.43. The summed E-state index contributed by atoms with van der Waals surface area (Å²) < 4.78 is 5.04. The van der Waals surface area contributed by atoms with Crippen molar-refractivity contribution in [3.63, 3.8) is 0 Å². The zero-order valence-electron chi connectivity index (χ0n) is 5.76. The highest BCUT2D eigenvalue weighted by atomic mass is 16.3. The van der Waals surface area contributed by atoms with E-state index in [1.165, 1.54) is 0 Å². The summed E-state index contributed by atoms with van der Waals surface area (Å²) >= 11 is 0. The Balaban J connectivity index is 2.68.